The van der Waals surface area contributed by atoms with Crippen molar-refractivity contribution in [3.8, 4) is 16.9 Å². The molecule has 2 aromatic rings. The van der Waals surface area contributed by atoms with Crippen LogP contribution in [0.5, 0.6) is 5.75 Å². The van der Waals surface area contributed by atoms with Crippen molar-refractivity contribution < 1.29 is 20.1 Å². The van der Waals surface area contributed by atoms with Crippen molar-refractivity contribution in [3.05, 3.63) is 54.1 Å². The van der Waals surface area contributed by atoms with Gasteiger partial charge in [0.1, 0.15) is 5.75 Å². The molecule has 0 radical (unpaired) electrons. The van der Waals surface area contributed by atoms with Gasteiger partial charge in [0, 0.05) is 5.56 Å². The van der Waals surface area contributed by atoms with Gasteiger partial charge in [-0.05, 0) is 17.2 Å². The van der Waals surface area contributed by atoms with Gasteiger partial charge in [0.05, 0.1) is 0 Å². The lowest BCUT2D eigenvalue weighted by atomic mass is 10.0. The largest absolute Gasteiger partial charge is 0.507 e. The maximum atomic E-state index is 10.6. The van der Waals surface area contributed by atoms with Crippen LogP contribution in [0.3, 0.4) is 0 Å². The van der Waals surface area contributed by atoms with Crippen LogP contribution in [0.2, 0.25) is 0 Å². The maximum Gasteiger partial charge on any atom is 0.337 e. The number of hydrogen-bond acceptors (Lipinski definition) is 3. The Morgan fingerprint density at radius 2 is 1.61 bits per heavy atom. The van der Waals surface area contributed by atoms with Crippen LogP contribution < -0.4 is 0 Å². The van der Waals surface area contributed by atoms with Crippen molar-refractivity contribution in [2.45, 2.75) is 6.10 Å². The van der Waals surface area contributed by atoms with Gasteiger partial charge in [0.15, 0.2) is 6.10 Å². The highest BCUT2D eigenvalue weighted by Gasteiger charge is 2.15. The first-order chi connectivity index (χ1) is 8.59. The van der Waals surface area contributed by atoms with Crippen LogP contribution in [0.4, 0.5) is 0 Å². The lowest BCUT2D eigenvalue weighted by molar-refractivity contribution is -0.146. The minimum atomic E-state index is -1.52. The van der Waals surface area contributed by atoms with Crippen molar-refractivity contribution in [3.63, 3.8) is 0 Å². The molecule has 18 heavy (non-hydrogen) atoms. The Hall–Kier alpha value is -2.33. The van der Waals surface area contributed by atoms with E-state index in [1.165, 1.54) is 12.1 Å². The fourth-order valence-corrected chi connectivity index (χ4v) is 1.71. The van der Waals surface area contributed by atoms with E-state index in [0.29, 0.717) is 11.1 Å². The van der Waals surface area contributed by atoms with E-state index in [1.807, 2.05) is 0 Å². The van der Waals surface area contributed by atoms with Gasteiger partial charge in [-0.1, -0.05) is 42.5 Å². The lowest BCUT2D eigenvalue weighted by Gasteiger charge is -2.08. The average molecular weight is 244 g/mol. The molecule has 1 unspecified atom stereocenters. The molecule has 4 heteroatoms. The Balaban J connectivity index is 2.34. The molecule has 0 spiro atoms. The predicted octanol–water partition coefficient (Wildman–Crippen LogP) is 2.18. The number of carbonyl (C=O) groups is 1. The van der Waals surface area contributed by atoms with Gasteiger partial charge in [-0.15, -0.1) is 0 Å². The van der Waals surface area contributed by atoms with Crippen LogP contribution in [0.1, 0.15) is 11.7 Å². The normalized spacial score (nSPS) is 12.1. The minimum absolute atomic E-state index is 0.157. The molecule has 1 atom stereocenters. The molecule has 0 aliphatic rings. The summed E-state index contributed by atoms with van der Waals surface area (Å²) in [4.78, 5) is 10.6. The third-order valence-corrected chi connectivity index (χ3v) is 2.68. The number of benzene rings is 2. The van der Waals surface area contributed by atoms with Gasteiger partial charge in [0.2, 0.25) is 0 Å². The Morgan fingerprint density at radius 1 is 1.00 bits per heavy atom. The highest BCUT2D eigenvalue weighted by atomic mass is 16.4. The van der Waals surface area contributed by atoms with Crippen molar-refractivity contribution >= 4 is 5.97 Å². The topological polar surface area (TPSA) is 77.8 Å². The smallest absolute Gasteiger partial charge is 0.337 e. The number of phenols is 1. The Labute approximate surface area is 104 Å². The standard InChI is InChI=1S/C14H12O4/c15-12-4-2-1-3-11(12)9-5-7-10(8-6-9)13(16)14(17)18/h1-8,13,15-16H,(H,17,18). The van der Waals surface area contributed by atoms with E-state index in [9.17, 15) is 15.0 Å². The predicted molar refractivity (Wildman–Crippen MR) is 66.1 cm³/mol. The number of hydrogen-bond donors (Lipinski definition) is 3. The monoisotopic (exact) mass is 244 g/mol. The first kappa shape index (κ1) is 12.1. The molecule has 0 aromatic heterocycles. The second-order valence-electron chi connectivity index (χ2n) is 3.88. The Bertz CT molecular complexity index is 560. The average Bonchev–Trinajstić information content (AvgIpc) is 2.38. The molecule has 0 bridgehead atoms. The van der Waals surface area contributed by atoms with Crippen molar-refractivity contribution in [1.82, 2.24) is 0 Å². The summed E-state index contributed by atoms with van der Waals surface area (Å²) < 4.78 is 0. The van der Waals surface area contributed by atoms with Crippen molar-refractivity contribution in [1.29, 1.82) is 0 Å². The van der Waals surface area contributed by atoms with Crippen LogP contribution in [-0.2, 0) is 4.79 Å². The summed E-state index contributed by atoms with van der Waals surface area (Å²) in [5.74, 6) is -1.13. The highest BCUT2D eigenvalue weighted by molar-refractivity contribution is 5.75. The van der Waals surface area contributed by atoms with Gasteiger partial charge in [-0.25, -0.2) is 4.79 Å². The first-order valence-electron chi connectivity index (χ1n) is 5.39. The summed E-state index contributed by atoms with van der Waals surface area (Å²) in [6, 6.07) is 13.2. The zero-order valence-corrected chi connectivity index (χ0v) is 9.45. The molecule has 0 saturated carbocycles. The van der Waals surface area contributed by atoms with Gasteiger partial charge in [-0.2, -0.15) is 0 Å². The Morgan fingerprint density at radius 3 is 2.17 bits per heavy atom. The number of carboxylic acid groups (broad SMARTS) is 1. The summed E-state index contributed by atoms with van der Waals surface area (Å²) in [6.45, 7) is 0. The summed E-state index contributed by atoms with van der Waals surface area (Å²) in [7, 11) is 0. The van der Waals surface area contributed by atoms with E-state index >= 15 is 0 Å². The van der Waals surface area contributed by atoms with Crippen molar-refractivity contribution in [2.24, 2.45) is 0 Å². The van der Waals surface area contributed by atoms with Crippen LogP contribution in [0.15, 0.2) is 48.5 Å². The highest BCUT2D eigenvalue weighted by Crippen LogP contribution is 2.29. The van der Waals surface area contributed by atoms with E-state index < -0.39 is 12.1 Å². The van der Waals surface area contributed by atoms with Crippen molar-refractivity contribution in [2.75, 3.05) is 0 Å². The lowest BCUT2D eigenvalue weighted by Crippen LogP contribution is -2.10. The number of aliphatic carboxylic acids is 1. The van der Waals surface area contributed by atoms with E-state index in [0.717, 1.165) is 5.56 Å². The van der Waals surface area contributed by atoms with Gasteiger partial charge < -0.3 is 15.3 Å². The quantitative estimate of drug-likeness (QED) is 0.773. The summed E-state index contributed by atoms with van der Waals surface area (Å²) in [5, 5.41) is 27.7. The van der Waals surface area contributed by atoms with E-state index in [1.54, 1.807) is 36.4 Å². The van der Waals surface area contributed by atoms with Crippen LogP contribution in [-0.4, -0.2) is 21.3 Å². The van der Waals surface area contributed by atoms with Gasteiger partial charge >= 0.3 is 5.97 Å². The molecule has 0 heterocycles. The molecule has 2 rings (SSSR count). The first-order valence-corrected chi connectivity index (χ1v) is 5.39. The maximum absolute atomic E-state index is 10.6. The summed E-state index contributed by atoms with van der Waals surface area (Å²) in [5.41, 5.74) is 1.73. The number of rotatable bonds is 3. The minimum Gasteiger partial charge on any atom is -0.507 e. The van der Waals surface area contributed by atoms with E-state index in [2.05, 4.69) is 0 Å². The fraction of sp³-hybridized carbons (Fsp3) is 0.0714. The van der Waals surface area contributed by atoms with Crippen LogP contribution >= 0.6 is 0 Å². The zero-order valence-electron chi connectivity index (χ0n) is 9.45. The number of aromatic hydroxyl groups is 1. The van der Waals surface area contributed by atoms with E-state index in [-0.39, 0.29) is 5.75 Å². The van der Waals surface area contributed by atoms with Gasteiger partial charge in [-0.3, -0.25) is 0 Å². The van der Waals surface area contributed by atoms with Crippen LogP contribution in [0.25, 0.3) is 11.1 Å². The molecule has 0 aliphatic heterocycles. The molecule has 0 saturated heterocycles. The number of phenolic OH excluding ortho intramolecular Hbond substituents is 1. The molecule has 0 amide bonds. The van der Waals surface area contributed by atoms with Crippen LogP contribution in [0, 0.1) is 0 Å². The SMILES string of the molecule is O=C(O)C(O)c1ccc(-c2ccccc2O)cc1. The summed E-state index contributed by atoms with van der Waals surface area (Å²) >= 11 is 0. The fourth-order valence-electron chi connectivity index (χ4n) is 1.71. The molecular formula is C14H12O4. The Kier molecular flexibility index (Phi) is 3.30. The molecule has 92 valence electrons. The molecule has 0 aliphatic carbocycles. The summed E-state index contributed by atoms with van der Waals surface area (Å²) in [6.07, 6.45) is -1.52. The third kappa shape index (κ3) is 2.33. The van der Waals surface area contributed by atoms with Gasteiger partial charge in [0.25, 0.3) is 0 Å². The number of aliphatic hydroxyl groups is 1. The number of carboxylic acids is 1. The third-order valence-electron chi connectivity index (χ3n) is 2.68. The number of para-hydroxylation sites is 1. The molecular weight excluding hydrogens is 232 g/mol. The molecule has 2 aromatic carbocycles. The molecule has 0 fully saturated rings. The zero-order chi connectivity index (χ0) is 13.1. The van der Waals surface area contributed by atoms with E-state index in [4.69, 9.17) is 5.11 Å². The molecule has 3 N–H and O–H groups in total. The number of aliphatic hydroxyl groups excluding tert-OH is 1. The second kappa shape index (κ2) is 4.89. The molecule has 4 nitrogen and oxygen atoms in total. The second-order valence-corrected chi connectivity index (χ2v) is 3.88.